The summed E-state index contributed by atoms with van der Waals surface area (Å²) in [4.78, 5) is 28.2. The van der Waals surface area contributed by atoms with E-state index in [9.17, 15) is 22.4 Å². The van der Waals surface area contributed by atoms with E-state index < -0.39 is 34.3 Å². The maximum atomic E-state index is 13.9. The van der Waals surface area contributed by atoms with Gasteiger partial charge in [-0.25, -0.2) is 12.8 Å². The van der Waals surface area contributed by atoms with Gasteiger partial charge < -0.3 is 10.2 Å². The Bertz CT molecular complexity index is 1340. The first kappa shape index (κ1) is 29.1. The molecule has 0 saturated carbocycles. The minimum Gasteiger partial charge on any atom is -0.354 e. The molecule has 1 unspecified atom stereocenters. The largest absolute Gasteiger partial charge is 0.354 e. The van der Waals surface area contributed by atoms with E-state index in [-0.39, 0.29) is 28.1 Å². The Morgan fingerprint density at radius 2 is 1.61 bits per heavy atom. The molecule has 0 aliphatic rings. The Labute approximate surface area is 228 Å². The van der Waals surface area contributed by atoms with Crippen LogP contribution in [0.25, 0.3) is 0 Å². The molecular formula is C28H31ClFN3O4S. The average molecular weight is 560 g/mol. The number of amides is 2. The fraction of sp³-hybridized carbons (Fsp3) is 0.286. The first-order chi connectivity index (χ1) is 18.2. The van der Waals surface area contributed by atoms with E-state index in [2.05, 4.69) is 5.32 Å². The smallest absolute Gasteiger partial charge is 0.264 e. The minimum atomic E-state index is -4.25. The molecular weight excluding hydrogens is 529 g/mol. The van der Waals surface area contributed by atoms with Crippen LogP contribution in [-0.2, 0) is 26.2 Å². The first-order valence-electron chi connectivity index (χ1n) is 12.3. The van der Waals surface area contributed by atoms with Gasteiger partial charge in [0.05, 0.1) is 15.6 Å². The van der Waals surface area contributed by atoms with Gasteiger partial charge in [0, 0.05) is 13.1 Å². The van der Waals surface area contributed by atoms with Gasteiger partial charge in [0.25, 0.3) is 10.0 Å². The third-order valence-corrected chi connectivity index (χ3v) is 8.01. The van der Waals surface area contributed by atoms with Gasteiger partial charge in [-0.3, -0.25) is 13.9 Å². The van der Waals surface area contributed by atoms with Crippen LogP contribution in [0.2, 0.25) is 5.02 Å². The number of benzene rings is 3. The highest BCUT2D eigenvalue weighted by Gasteiger charge is 2.33. The molecule has 0 fully saturated rings. The number of anilines is 1. The van der Waals surface area contributed by atoms with Crippen LogP contribution in [0.5, 0.6) is 0 Å². The van der Waals surface area contributed by atoms with Crippen molar-refractivity contribution in [2.75, 3.05) is 17.4 Å². The number of nitrogens with zero attached hydrogens (tertiary/aromatic N) is 2. The summed E-state index contributed by atoms with van der Waals surface area (Å²) < 4.78 is 42.2. The summed E-state index contributed by atoms with van der Waals surface area (Å²) in [6.07, 6.45) is 1.05. The van der Waals surface area contributed by atoms with Crippen molar-refractivity contribution in [3.05, 3.63) is 95.3 Å². The average Bonchev–Trinajstić information content (AvgIpc) is 2.92. The number of carbonyl (C=O) groups is 2. The van der Waals surface area contributed by atoms with Crippen molar-refractivity contribution < 1.29 is 22.4 Å². The van der Waals surface area contributed by atoms with Gasteiger partial charge in [-0.05, 0) is 48.7 Å². The van der Waals surface area contributed by atoms with E-state index in [0.29, 0.717) is 13.0 Å². The van der Waals surface area contributed by atoms with Crippen molar-refractivity contribution in [1.82, 2.24) is 10.2 Å². The van der Waals surface area contributed by atoms with Gasteiger partial charge in [-0.2, -0.15) is 0 Å². The maximum absolute atomic E-state index is 13.9. The molecule has 202 valence electrons. The molecule has 0 aliphatic heterocycles. The molecule has 0 bridgehead atoms. The molecule has 1 N–H and O–H groups in total. The fourth-order valence-corrected chi connectivity index (χ4v) is 5.56. The van der Waals surface area contributed by atoms with E-state index in [1.54, 1.807) is 25.1 Å². The summed E-state index contributed by atoms with van der Waals surface area (Å²) in [7, 11) is -4.25. The van der Waals surface area contributed by atoms with E-state index in [4.69, 9.17) is 11.6 Å². The van der Waals surface area contributed by atoms with Gasteiger partial charge in [-0.15, -0.1) is 0 Å². The molecule has 0 aliphatic carbocycles. The molecule has 0 saturated heterocycles. The lowest BCUT2D eigenvalue weighted by atomic mass is 10.1. The molecule has 7 nitrogen and oxygen atoms in total. The van der Waals surface area contributed by atoms with Crippen molar-refractivity contribution in [1.29, 1.82) is 0 Å². The molecule has 0 heterocycles. The lowest BCUT2D eigenvalue weighted by Gasteiger charge is -2.33. The van der Waals surface area contributed by atoms with Gasteiger partial charge in [0.2, 0.25) is 11.8 Å². The van der Waals surface area contributed by atoms with Crippen molar-refractivity contribution in [2.24, 2.45) is 0 Å². The fourth-order valence-electron chi connectivity index (χ4n) is 3.95. The zero-order valence-electron chi connectivity index (χ0n) is 21.3. The molecule has 2 amide bonds. The van der Waals surface area contributed by atoms with Crippen molar-refractivity contribution in [3.8, 4) is 0 Å². The summed E-state index contributed by atoms with van der Waals surface area (Å²) in [5, 5.41) is 2.55. The number of rotatable bonds is 12. The van der Waals surface area contributed by atoms with Crippen LogP contribution in [0.4, 0.5) is 10.1 Å². The zero-order chi connectivity index (χ0) is 27.7. The molecule has 1 atom stereocenters. The van der Waals surface area contributed by atoms with Crippen molar-refractivity contribution >= 4 is 39.1 Å². The lowest BCUT2D eigenvalue weighted by molar-refractivity contribution is -0.140. The van der Waals surface area contributed by atoms with Crippen LogP contribution in [0, 0.1) is 5.82 Å². The number of nitrogens with one attached hydrogen (secondary N) is 1. The Morgan fingerprint density at radius 1 is 0.974 bits per heavy atom. The molecule has 3 aromatic rings. The van der Waals surface area contributed by atoms with Crippen LogP contribution in [-0.4, -0.2) is 44.3 Å². The molecule has 0 spiro atoms. The minimum absolute atomic E-state index is 0.0248. The number of hydrogen-bond acceptors (Lipinski definition) is 4. The van der Waals surface area contributed by atoms with Gasteiger partial charge in [0.15, 0.2) is 0 Å². The predicted molar refractivity (Wildman–Crippen MR) is 147 cm³/mol. The van der Waals surface area contributed by atoms with Crippen molar-refractivity contribution in [3.63, 3.8) is 0 Å². The summed E-state index contributed by atoms with van der Waals surface area (Å²) in [6.45, 7) is 3.64. The highest BCUT2D eigenvalue weighted by Crippen LogP contribution is 2.28. The first-order valence-corrected chi connectivity index (χ1v) is 14.1. The maximum Gasteiger partial charge on any atom is 0.264 e. The molecule has 3 rings (SSSR count). The molecule has 0 aromatic heterocycles. The monoisotopic (exact) mass is 559 g/mol. The quantitative estimate of drug-likeness (QED) is 0.338. The summed E-state index contributed by atoms with van der Waals surface area (Å²) in [5.74, 6) is -1.63. The number of carbonyl (C=O) groups excluding carboxylic acids is 2. The lowest BCUT2D eigenvalue weighted by Crippen LogP contribution is -2.52. The molecule has 10 heteroatoms. The standard InChI is InChI=1S/C28H31ClFN3O4S/c1-3-17-31-28(35)26(4-2)32(19-21-11-7-5-8-12-21)27(34)20-33(22-15-16-25(30)24(29)18-22)38(36,37)23-13-9-6-10-14-23/h5-16,18,26H,3-4,17,19-20H2,1-2H3,(H,31,35). The Balaban J connectivity index is 2.05. The van der Waals surface area contributed by atoms with E-state index in [1.807, 2.05) is 37.3 Å². The van der Waals surface area contributed by atoms with Crippen LogP contribution in [0.15, 0.2) is 83.8 Å². The number of hydrogen-bond donors (Lipinski definition) is 1. The summed E-state index contributed by atoms with van der Waals surface area (Å²) in [5.41, 5.74) is 0.807. The van der Waals surface area contributed by atoms with Gasteiger partial charge >= 0.3 is 0 Å². The topological polar surface area (TPSA) is 86.8 Å². The van der Waals surface area contributed by atoms with E-state index in [1.165, 1.54) is 23.1 Å². The molecule has 38 heavy (non-hydrogen) atoms. The third kappa shape index (κ3) is 7.11. The SMILES string of the molecule is CCCNC(=O)C(CC)N(Cc1ccccc1)C(=O)CN(c1ccc(F)c(Cl)c1)S(=O)(=O)c1ccccc1. The second-order valence-corrected chi connectivity index (χ2v) is 10.9. The van der Waals surface area contributed by atoms with Crippen molar-refractivity contribution in [2.45, 2.75) is 44.2 Å². The van der Waals surface area contributed by atoms with Gasteiger partial charge in [-0.1, -0.05) is 74.0 Å². The van der Waals surface area contributed by atoms with Crippen LogP contribution >= 0.6 is 11.6 Å². The van der Waals surface area contributed by atoms with Crippen LogP contribution in [0.1, 0.15) is 32.3 Å². The van der Waals surface area contributed by atoms with E-state index in [0.717, 1.165) is 28.4 Å². The number of sulfonamides is 1. The highest BCUT2D eigenvalue weighted by molar-refractivity contribution is 7.92. The number of halogens is 2. The molecule has 3 aromatic carbocycles. The second kappa shape index (κ2) is 13.4. The van der Waals surface area contributed by atoms with Gasteiger partial charge in [0.1, 0.15) is 18.4 Å². The van der Waals surface area contributed by atoms with Crippen LogP contribution < -0.4 is 9.62 Å². The summed E-state index contributed by atoms with van der Waals surface area (Å²) in [6, 6.07) is 19.4. The Hall–Kier alpha value is -3.43. The molecule has 0 radical (unpaired) electrons. The second-order valence-electron chi connectivity index (χ2n) is 8.65. The summed E-state index contributed by atoms with van der Waals surface area (Å²) >= 11 is 5.98. The van der Waals surface area contributed by atoms with E-state index >= 15 is 0 Å². The normalized spacial score (nSPS) is 12.0. The van der Waals surface area contributed by atoms with Crippen LogP contribution in [0.3, 0.4) is 0 Å². The Kier molecular flexibility index (Phi) is 10.3. The predicted octanol–water partition coefficient (Wildman–Crippen LogP) is 5.01. The highest BCUT2D eigenvalue weighted by atomic mass is 35.5. The zero-order valence-corrected chi connectivity index (χ0v) is 22.9. The third-order valence-electron chi connectivity index (χ3n) is 5.93. The Morgan fingerprint density at radius 3 is 2.18 bits per heavy atom.